The highest BCUT2D eigenvalue weighted by molar-refractivity contribution is 7.99. The minimum atomic E-state index is 0.334. The molecule has 0 radical (unpaired) electrons. The second-order valence-electron chi connectivity index (χ2n) is 5.68. The van der Waals surface area contributed by atoms with E-state index in [9.17, 15) is 0 Å². The van der Waals surface area contributed by atoms with Crippen LogP contribution in [-0.4, -0.2) is 34.7 Å². The topological polar surface area (TPSA) is 51.0 Å². The van der Waals surface area contributed by atoms with Gasteiger partial charge >= 0.3 is 0 Å². The molecule has 3 rings (SSSR count). The molecule has 0 saturated carbocycles. The number of rotatable bonds is 4. The summed E-state index contributed by atoms with van der Waals surface area (Å²) in [5.41, 5.74) is 3.85. The molecule has 1 aromatic heterocycles. The van der Waals surface area contributed by atoms with Gasteiger partial charge in [-0.25, -0.2) is 0 Å². The van der Waals surface area contributed by atoms with Crippen molar-refractivity contribution in [2.45, 2.75) is 32.2 Å². The fourth-order valence-electron chi connectivity index (χ4n) is 2.67. The molecule has 4 nitrogen and oxygen atoms in total. The maximum Gasteiger partial charge on any atom is 0.232 e. The number of hydrogen-bond acceptors (Lipinski definition) is 5. The summed E-state index contributed by atoms with van der Waals surface area (Å²) >= 11 is 1.94. The lowest BCUT2D eigenvalue weighted by Gasteiger charge is -2.13. The van der Waals surface area contributed by atoms with Gasteiger partial charge in [0.25, 0.3) is 0 Å². The van der Waals surface area contributed by atoms with Crippen molar-refractivity contribution in [2.75, 3.05) is 18.6 Å². The Balaban J connectivity index is 1.74. The van der Waals surface area contributed by atoms with Crippen LogP contribution in [0, 0.1) is 13.8 Å². The van der Waals surface area contributed by atoms with Crippen molar-refractivity contribution in [2.24, 2.45) is 0 Å². The summed E-state index contributed by atoms with van der Waals surface area (Å²) in [5.74, 6) is 4.05. The van der Waals surface area contributed by atoms with E-state index >= 15 is 0 Å². The van der Waals surface area contributed by atoms with Crippen LogP contribution in [0.3, 0.4) is 0 Å². The highest BCUT2D eigenvalue weighted by Crippen LogP contribution is 2.31. The van der Waals surface area contributed by atoms with Gasteiger partial charge in [0, 0.05) is 24.0 Å². The molecule has 1 aliphatic heterocycles. The minimum absolute atomic E-state index is 0.334. The number of aromatic nitrogens is 2. The molecule has 21 heavy (non-hydrogen) atoms. The molecule has 1 saturated heterocycles. The normalized spacial score (nSPS) is 21.9. The Bertz CT molecular complexity index is 626. The Morgan fingerprint density at radius 3 is 2.90 bits per heavy atom. The molecule has 2 atom stereocenters. The first-order valence-electron chi connectivity index (χ1n) is 7.31. The van der Waals surface area contributed by atoms with Gasteiger partial charge in [-0.3, -0.25) is 0 Å². The van der Waals surface area contributed by atoms with E-state index in [0.29, 0.717) is 12.0 Å². The van der Waals surface area contributed by atoms with Crippen LogP contribution >= 0.6 is 11.8 Å². The summed E-state index contributed by atoms with van der Waals surface area (Å²) < 4.78 is 5.49. The molecular weight excluding hydrogens is 282 g/mol. The van der Waals surface area contributed by atoms with Gasteiger partial charge in [-0.15, -0.1) is 0 Å². The van der Waals surface area contributed by atoms with Crippen molar-refractivity contribution >= 4 is 11.8 Å². The zero-order valence-corrected chi connectivity index (χ0v) is 13.5. The summed E-state index contributed by atoms with van der Waals surface area (Å²) in [5, 5.41) is 7.49. The highest BCUT2D eigenvalue weighted by atomic mass is 32.2. The second kappa shape index (κ2) is 6.20. The number of benzene rings is 1. The average molecular weight is 303 g/mol. The predicted octanol–water partition coefficient (Wildman–Crippen LogP) is 2.70. The Labute approximate surface area is 129 Å². The molecule has 2 aromatic rings. The van der Waals surface area contributed by atoms with Crippen LogP contribution in [0.25, 0.3) is 0 Å². The first-order chi connectivity index (χ1) is 10.2. The van der Waals surface area contributed by atoms with E-state index < -0.39 is 0 Å². The van der Waals surface area contributed by atoms with Crippen molar-refractivity contribution in [1.82, 2.24) is 15.5 Å². The molecule has 1 N–H and O–H groups in total. The van der Waals surface area contributed by atoms with Crippen molar-refractivity contribution in [1.29, 1.82) is 0 Å². The molecule has 0 bridgehead atoms. The molecule has 112 valence electrons. The third-order valence-corrected chi connectivity index (χ3v) is 5.38. The monoisotopic (exact) mass is 303 g/mol. The van der Waals surface area contributed by atoms with Crippen LogP contribution in [0.1, 0.15) is 34.3 Å². The lowest BCUT2D eigenvalue weighted by molar-refractivity contribution is 0.341. The van der Waals surface area contributed by atoms with Gasteiger partial charge in [-0.2, -0.15) is 16.7 Å². The summed E-state index contributed by atoms with van der Waals surface area (Å²) in [7, 11) is 2.00. The summed E-state index contributed by atoms with van der Waals surface area (Å²) in [6, 6.07) is 6.92. The SMILES string of the molecule is CNC1CSCC1c1nc(Cc2ccc(C)c(C)c2)no1. The van der Waals surface area contributed by atoms with Crippen molar-refractivity contribution in [3.8, 4) is 0 Å². The number of nitrogens with one attached hydrogen (secondary N) is 1. The van der Waals surface area contributed by atoms with E-state index in [-0.39, 0.29) is 0 Å². The number of aryl methyl sites for hydroxylation is 2. The maximum atomic E-state index is 5.49. The van der Waals surface area contributed by atoms with E-state index in [0.717, 1.165) is 29.6 Å². The molecule has 2 heterocycles. The van der Waals surface area contributed by atoms with E-state index in [1.54, 1.807) is 0 Å². The summed E-state index contributed by atoms with van der Waals surface area (Å²) in [6.07, 6.45) is 0.731. The molecule has 5 heteroatoms. The third-order valence-electron chi connectivity index (χ3n) is 4.19. The maximum absolute atomic E-state index is 5.49. The van der Waals surface area contributed by atoms with Gasteiger partial charge in [0.2, 0.25) is 5.89 Å². The van der Waals surface area contributed by atoms with Crippen LogP contribution in [0.5, 0.6) is 0 Å². The zero-order chi connectivity index (χ0) is 14.8. The molecular formula is C16H21N3OS. The van der Waals surface area contributed by atoms with Gasteiger partial charge in [0.05, 0.1) is 5.92 Å². The van der Waals surface area contributed by atoms with Gasteiger partial charge in [0.15, 0.2) is 5.82 Å². The zero-order valence-electron chi connectivity index (χ0n) is 12.7. The number of nitrogens with zero attached hydrogens (tertiary/aromatic N) is 2. The van der Waals surface area contributed by atoms with Crippen molar-refractivity contribution < 1.29 is 4.52 Å². The first-order valence-corrected chi connectivity index (χ1v) is 8.46. The van der Waals surface area contributed by atoms with Crippen molar-refractivity contribution in [3.05, 3.63) is 46.6 Å². The van der Waals surface area contributed by atoms with Crippen LogP contribution in [0.15, 0.2) is 22.7 Å². The fourth-order valence-corrected chi connectivity index (χ4v) is 4.09. The fraction of sp³-hybridized carbons (Fsp3) is 0.500. The highest BCUT2D eigenvalue weighted by Gasteiger charge is 2.32. The minimum Gasteiger partial charge on any atom is -0.339 e. The standard InChI is InChI=1S/C16H21N3OS/c1-10-4-5-12(6-11(10)2)7-15-18-16(20-19-15)13-8-21-9-14(13)17-3/h4-6,13-14,17H,7-9H2,1-3H3. The lowest BCUT2D eigenvalue weighted by atomic mass is 10.0. The summed E-state index contributed by atoms with van der Waals surface area (Å²) in [6.45, 7) is 4.26. The van der Waals surface area contributed by atoms with Gasteiger partial charge in [-0.05, 0) is 37.6 Å². The van der Waals surface area contributed by atoms with E-state index in [2.05, 4.69) is 47.5 Å². The van der Waals surface area contributed by atoms with Crippen LogP contribution in [0.4, 0.5) is 0 Å². The smallest absolute Gasteiger partial charge is 0.232 e. The van der Waals surface area contributed by atoms with E-state index in [1.165, 1.54) is 16.7 Å². The second-order valence-corrected chi connectivity index (χ2v) is 6.76. The Morgan fingerprint density at radius 1 is 1.29 bits per heavy atom. The van der Waals surface area contributed by atoms with Gasteiger partial charge in [-0.1, -0.05) is 23.4 Å². The van der Waals surface area contributed by atoms with Crippen molar-refractivity contribution in [3.63, 3.8) is 0 Å². The average Bonchev–Trinajstić information content (AvgIpc) is 3.11. The largest absolute Gasteiger partial charge is 0.339 e. The lowest BCUT2D eigenvalue weighted by Crippen LogP contribution is -2.31. The summed E-state index contributed by atoms with van der Waals surface area (Å²) in [4.78, 5) is 4.61. The quantitative estimate of drug-likeness (QED) is 0.941. The number of likely N-dealkylation sites (N-methyl/N-ethyl adjacent to an activating group) is 1. The third kappa shape index (κ3) is 3.14. The molecule has 1 fully saturated rings. The van der Waals surface area contributed by atoms with E-state index in [1.807, 2.05) is 18.8 Å². The van der Waals surface area contributed by atoms with Crippen LogP contribution in [0.2, 0.25) is 0 Å². The van der Waals surface area contributed by atoms with Crippen LogP contribution in [-0.2, 0) is 6.42 Å². The van der Waals surface area contributed by atoms with E-state index in [4.69, 9.17) is 4.52 Å². The molecule has 1 aromatic carbocycles. The molecule has 0 amide bonds. The molecule has 1 aliphatic rings. The van der Waals surface area contributed by atoms with Gasteiger partial charge in [0.1, 0.15) is 0 Å². The molecule has 0 spiro atoms. The number of hydrogen-bond donors (Lipinski definition) is 1. The van der Waals surface area contributed by atoms with Gasteiger partial charge < -0.3 is 9.84 Å². The molecule has 0 aliphatic carbocycles. The van der Waals surface area contributed by atoms with Crippen LogP contribution < -0.4 is 5.32 Å². The predicted molar refractivity (Wildman–Crippen MR) is 85.9 cm³/mol. The number of thioether (sulfide) groups is 1. The Kier molecular flexibility index (Phi) is 4.31. The Morgan fingerprint density at radius 2 is 2.14 bits per heavy atom. The first kappa shape index (κ1) is 14.6. The Hall–Kier alpha value is -1.33. The molecule has 2 unspecified atom stereocenters.